The highest BCUT2D eigenvalue weighted by molar-refractivity contribution is 5.19. The third kappa shape index (κ3) is 4.96. The van der Waals surface area contributed by atoms with Crippen LogP contribution < -0.4 is 5.32 Å². The molecule has 1 unspecified atom stereocenters. The Morgan fingerprint density at radius 2 is 1.89 bits per heavy atom. The quantitative estimate of drug-likeness (QED) is 0.807. The van der Waals surface area contributed by atoms with E-state index < -0.39 is 0 Å². The first kappa shape index (κ1) is 14.5. The number of hydrogen-bond donors (Lipinski definition) is 1. The highest BCUT2D eigenvalue weighted by atomic mass is 16.5. The fraction of sp³-hybridized carbons (Fsp3) is 0.647. The van der Waals surface area contributed by atoms with Crippen molar-refractivity contribution in [1.29, 1.82) is 0 Å². The van der Waals surface area contributed by atoms with E-state index in [2.05, 4.69) is 35.6 Å². The van der Waals surface area contributed by atoms with E-state index in [9.17, 15) is 0 Å². The van der Waals surface area contributed by atoms with Gasteiger partial charge in [0, 0.05) is 26.3 Å². The molecule has 0 aliphatic heterocycles. The highest BCUT2D eigenvalue weighted by Crippen LogP contribution is 2.21. The molecule has 0 heterocycles. The molecule has 0 spiro atoms. The van der Waals surface area contributed by atoms with Gasteiger partial charge in [-0.05, 0) is 30.7 Å². The second-order valence-electron chi connectivity index (χ2n) is 5.63. The fourth-order valence-electron chi connectivity index (χ4n) is 2.99. The van der Waals surface area contributed by atoms with Crippen LogP contribution in [-0.2, 0) is 4.74 Å². The maximum atomic E-state index is 5.26. The van der Waals surface area contributed by atoms with Crippen LogP contribution in [0.15, 0.2) is 30.3 Å². The van der Waals surface area contributed by atoms with E-state index in [4.69, 9.17) is 4.74 Å². The van der Waals surface area contributed by atoms with E-state index in [1.54, 1.807) is 7.11 Å². The van der Waals surface area contributed by atoms with Crippen molar-refractivity contribution in [2.24, 2.45) is 0 Å². The Kier molecular flexibility index (Phi) is 6.38. The van der Waals surface area contributed by atoms with Crippen LogP contribution in [0.3, 0.4) is 0 Å². The van der Waals surface area contributed by atoms with Gasteiger partial charge >= 0.3 is 0 Å². The van der Waals surface area contributed by atoms with Crippen LogP contribution in [0.1, 0.15) is 50.0 Å². The Labute approximate surface area is 117 Å². The Balaban J connectivity index is 1.86. The van der Waals surface area contributed by atoms with Crippen molar-refractivity contribution in [3.05, 3.63) is 35.9 Å². The number of hydrogen-bond acceptors (Lipinski definition) is 2. The van der Waals surface area contributed by atoms with Crippen LogP contribution in [0.2, 0.25) is 0 Å². The van der Waals surface area contributed by atoms with Crippen molar-refractivity contribution in [2.45, 2.75) is 50.5 Å². The summed E-state index contributed by atoms with van der Waals surface area (Å²) in [4.78, 5) is 0. The zero-order valence-electron chi connectivity index (χ0n) is 12.1. The summed E-state index contributed by atoms with van der Waals surface area (Å²) in [5.74, 6) is 0.572. The van der Waals surface area contributed by atoms with Gasteiger partial charge in [-0.2, -0.15) is 0 Å². The monoisotopic (exact) mass is 261 g/mol. The molecule has 106 valence electrons. The molecule has 1 N–H and O–H groups in total. The van der Waals surface area contributed by atoms with Gasteiger partial charge in [0.15, 0.2) is 0 Å². The number of ether oxygens (including phenoxy) is 1. The van der Waals surface area contributed by atoms with E-state index in [1.165, 1.54) is 37.7 Å². The van der Waals surface area contributed by atoms with Gasteiger partial charge < -0.3 is 10.1 Å². The first-order chi connectivity index (χ1) is 9.40. The van der Waals surface area contributed by atoms with Crippen LogP contribution in [0, 0.1) is 0 Å². The lowest BCUT2D eigenvalue weighted by molar-refractivity contribution is 0.186. The summed E-state index contributed by atoms with van der Waals surface area (Å²) in [6, 6.07) is 11.6. The van der Waals surface area contributed by atoms with E-state index in [1.807, 2.05) is 0 Å². The summed E-state index contributed by atoms with van der Waals surface area (Å²) < 4.78 is 5.26. The Morgan fingerprint density at radius 3 is 2.58 bits per heavy atom. The highest BCUT2D eigenvalue weighted by Gasteiger charge is 2.16. The summed E-state index contributed by atoms with van der Waals surface area (Å²) in [5.41, 5.74) is 1.43. The van der Waals surface area contributed by atoms with Gasteiger partial charge in [0.1, 0.15) is 0 Å². The first-order valence-corrected chi connectivity index (χ1v) is 7.67. The minimum absolute atomic E-state index is 0.572. The lowest BCUT2D eigenvalue weighted by atomic mass is 9.92. The summed E-state index contributed by atoms with van der Waals surface area (Å²) in [6.07, 6.45) is 8.01. The van der Waals surface area contributed by atoms with Gasteiger partial charge in [-0.25, -0.2) is 0 Å². The summed E-state index contributed by atoms with van der Waals surface area (Å²) in [6.45, 7) is 1.92. The fourth-order valence-corrected chi connectivity index (χ4v) is 2.99. The smallest absolute Gasteiger partial charge is 0.0468 e. The van der Waals surface area contributed by atoms with E-state index in [-0.39, 0.29) is 0 Å². The molecule has 2 nitrogen and oxygen atoms in total. The third-order valence-corrected chi connectivity index (χ3v) is 4.20. The Hall–Kier alpha value is -0.860. The Bertz CT molecular complexity index is 332. The molecular weight excluding hydrogens is 234 g/mol. The first-order valence-electron chi connectivity index (χ1n) is 7.67. The number of benzene rings is 1. The molecule has 1 aromatic carbocycles. The van der Waals surface area contributed by atoms with Crippen molar-refractivity contribution in [1.82, 2.24) is 5.32 Å². The molecule has 2 heteroatoms. The molecule has 0 aromatic heterocycles. The third-order valence-electron chi connectivity index (χ3n) is 4.20. The van der Waals surface area contributed by atoms with Crippen LogP contribution in [0.4, 0.5) is 0 Å². The molecule has 1 saturated carbocycles. The molecule has 1 fully saturated rings. The molecule has 1 aromatic rings. The molecule has 1 atom stereocenters. The van der Waals surface area contributed by atoms with Crippen molar-refractivity contribution in [3.63, 3.8) is 0 Å². The minimum Gasteiger partial charge on any atom is -0.385 e. The lowest BCUT2D eigenvalue weighted by Crippen LogP contribution is -2.34. The predicted octanol–water partition coefficient (Wildman–Crippen LogP) is 3.73. The molecule has 19 heavy (non-hydrogen) atoms. The molecule has 0 radical (unpaired) electrons. The SMILES string of the molecule is COCCC(CNC1CCCCC1)c1ccccc1. The van der Waals surface area contributed by atoms with Crippen LogP contribution >= 0.6 is 0 Å². The average Bonchev–Trinajstić information content (AvgIpc) is 2.49. The van der Waals surface area contributed by atoms with Gasteiger partial charge in [-0.15, -0.1) is 0 Å². The lowest BCUT2D eigenvalue weighted by Gasteiger charge is -2.26. The van der Waals surface area contributed by atoms with Crippen LogP contribution in [-0.4, -0.2) is 26.3 Å². The van der Waals surface area contributed by atoms with Gasteiger partial charge in [0.25, 0.3) is 0 Å². The van der Waals surface area contributed by atoms with Gasteiger partial charge in [-0.3, -0.25) is 0 Å². The van der Waals surface area contributed by atoms with Gasteiger partial charge in [0.05, 0.1) is 0 Å². The number of methoxy groups -OCH3 is 1. The zero-order chi connectivity index (χ0) is 13.3. The molecule has 0 bridgehead atoms. The topological polar surface area (TPSA) is 21.3 Å². The minimum atomic E-state index is 0.572. The maximum Gasteiger partial charge on any atom is 0.0468 e. The summed E-state index contributed by atoms with van der Waals surface area (Å²) in [7, 11) is 1.79. The standard InChI is InChI=1S/C17H27NO/c1-19-13-12-16(15-8-4-2-5-9-15)14-18-17-10-6-3-7-11-17/h2,4-5,8-9,16-18H,3,6-7,10-14H2,1H3. The van der Waals surface area contributed by atoms with Gasteiger partial charge in [-0.1, -0.05) is 49.6 Å². The van der Waals surface area contributed by atoms with Gasteiger partial charge in [0.2, 0.25) is 0 Å². The normalized spacial score (nSPS) is 18.4. The largest absolute Gasteiger partial charge is 0.385 e. The van der Waals surface area contributed by atoms with Crippen molar-refractivity contribution in [3.8, 4) is 0 Å². The van der Waals surface area contributed by atoms with E-state index in [0.29, 0.717) is 5.92 Å². The predicted molar refractivity (Wildman–Crippen MR) is 80.6 cm³/mol. The molecule has 1 aliphatic rings. The number of rotatable bonds is 7. The number of nitrogens with one attached hydrogen (secondary N) is 1. The van der Waals surface area contributed by atoms with Crippen molar-refractivity contribution in [2.75, 3.05) is 20.3 Å². The molecule has 1 aliphatic carbocycles. The molecular formula is C17H27NO. The zero-order valence-corrected chi connectivity index (χ0v) is 12.1. The van der Waals surface area contributed by atoms with Crippen molar-refractivity contribution >= 4 is 0 Å². The Morgan fingerprint density at radius 1 is 1.16 bits per heavy atom. The maximum absolute atomic E-state index is 5.26. The average molecular weight is 261 g/mol. The molecule has 0 amide bonds. The molecule has 0 saturated heterocycles. The second kappa shape index (κ2) is 8.34. The van der Waals surface area contributed by atoms with Crippen LogP contribution in [0.25, 0.3) is 0 Å². The molecule has 2 rings (SSSR count). The summed E-state index contributed by atoms with van der Waals surface area (Å²) >= 11 is 0. The summed E-state index contributed by atoms with van der Waals surface area (Å²) in [5, 5.41) is 3.77. The second-order valence-corrected chi connectivity index (χ2v) is 5.63. The van der Waals surface area contributed by atoms with Crippen LogP contribution in [0.5, 0.6) is 0 Å². The van der Waals surface area contributed by atoms with E-state index >= 15 is 0 Å². The van der Waals surface area contributed by atoms with Crippen molar-refractivity contribution < 1.29 is 4.74 Å². The van der Waals surface area contributed by atoms with E-state index in [0.717, 1.165) is 25.6 Å².